The van der Waals surface area contributed by atoms with Gasteiger partial charge in [0.2, 0.25) is 0 Å². The first-order valence-corrected chi connectivity index (χ1v) is 20.9. The zero-order valence-electron chi connectivity index (χ0n) is 32.3. The van der Waals surface area contributed by atoms with Crippen molar-refractivity contribution >= 4 is 81.1 Å². The van der Waals surface area contributed by atoms with Gasteiger partial charge in [0.15, 0.2) is 0 Å². The van der Waals surface area contributed by atoms with E-state index in [0.717, 1.165) is 17.1 Å². The second kappa shape index (κ2) is 12.5. The van der Waals surface area contributed by atoms with Gasteiger partial charge in [-0.05, 0) is 105 Å². The quantitative estimate of drug-likeness (QED) is 0.170. The van der Waals surface area contributed by atoms with Crippen LogP contribution in [0.15, 0.2) is 194 Å². The highest BCUT2D eigenvalue weighted by Crippen LogP contribution is 2.50. The van der Waals surface area contributed by atoms with Crippen LogP contribution in [0.25, 0.3) is 80.7 Å². The summed E-state index contributed by atoms with van der Waals surface area (Å²) >= 11 is 1.90. The largest absolute Gasteiger partial charge is 0.309 e. The van der Waals surface area contributed by atoms with Gasteiger partial charge in [-0.1, -0.05) is 147 Å². The lowest BCUT2D eigenvalue weighted by molar-refractivity contribution is 0.660. The van der Waals surface area contributed by atoms with Crippen LogP contribution < -0.4 is 4.90 Å². The Morgan fingerprint density at radius 2 is 1.02 bits per heavy atom. The van der Waals surface area contributed by atoms with Crippen molar-refractivity contribution in [3.63, 3.8) is 0 Å². The fraction of sp³-hybridized carbons (Fsp3) is 0.0545. The second-order valence-corrected chi connectivity index (χ2v) is 17.1. The third kappa shape index (κ3) is 4.84. The van der Waals surface area contributed by atoms with Crippen LogP contribution in [-0.4, -0.2) is 4.57 Å². The maximum Gasteiger partial charge on any atom is 0.0640 e. The van der Waals surface area contributed by atoms with Gasteiger partial charge in [0, 0.05) is 48.7 Å². The number of hydrogen-bond acceptors (Lipinski definition) is 2. The SMILES string of the molecule is CC1(C)c2ccccc2-c2ccc(-c3ccc(N(c4ccc(-n5c6ccccc6c6ccccc65)cc4)c4cccc5c4sc4c6ccccc6ccc54)cc3)cc21. The highest BCUT2D eigenvalue weighted by atomic mass is 32.1. The second-order valence-electron chi connectivity index (χ2n) is 16.1. The average molecular weight is 759 g/mol. The van der Waals surface area contributed by atoms with Crippen LogP contribution in [-0.2, 0) is 5.41 Å². The number of para-hydroxylation sites is 2. The van der Waals surface area contributed by atoms with Crippen LogP contribution in [0.3, 0.4) is 0 Å². The molecule has 2 heterocycles. The van der Waals surface area contributed by atoms with Crippen LogP contribution in [0.2, 0.25) is 0 Å². The molecule has 0 fully saturated rings. The molecule has 0 saturated heterocycles. The van der Waals surface area contributed by atoms with Crippen molar-refractivity contribution in [2.75, 3.05) is 4.90 Å². The number of rotatable bonds is 5. The third-order valence-electron chi connectivity index (χ3n) is 12.6. The topological polar surface area (TPSA) is 8.17 Å². The Labute approximate surface area is 341 Å². The number of nitrogens with zero attached hydrogens (tertiary/aromatic N) is 2. The fourth-order valence-corrected chi connectivity index (χ4v) is 11.1. The summed E-state index contributed by atoms with van der Waals surface area (Å²) in [6.07, 6.45) is 0. The molecule has 274 valence electrons. The van der Waals surface area contributed by atoms with E-state index in [1.54, 1.807) is 0 Å². The predicted octanol–water partition coefficient (Wildman–Crippen LogP) is 15.7. The third-order valence-corrected chi connectivity index (χ3v) is 13.9. The molecular formula is C55H38N2S. The number of benzene rings is 9. The van der Waals surface area contributed by atoms with Gasteiger partial charge < -0.3 is 9.47 Å². The van der Waals surface area contributed by atoms with Crippen LogP contribution in [0, 0.1) is 0 Å². The molecule has 0 N–H and O–H groups in total. The Balaban J connectivity index is 1.01. The van der Waals surface area contributed by atoms with Crippen molar-refractivity contribution in [1.82, 2.24) is 4.57 Å². The van der Waals surface area contributed by atoms with E-state index in [9.17, 15) is 0 Å². The van der Waals surface area contributed by atoms with E-state index in [1.165, 1.54) is 91.8 Å². The molecule has 58 heavy (non-hydrogen) atoms. The first-order valence-electron chi connectivity index (χ1n) is 20.1. The zero-order chi connectivity index (χ0) is 38.5. The van der Waals surface area contributed by atoms with Gasteiger partial charge in [0.1, 0.15) is 0 Å². The molecular weight excluding hydrogens is 721 g/mol. The van der Waals surface area contributed by atoms with Gasteiger partial charge in [-0.3, -0.25) is 0 Å². The minimum Gasteiger partial charge on any atom is -0.309 e. The molecule has 12 rings (SSSR count). The molecule has 11 aromatic rings. The van der Waals surface area contributed by atoms with Crippen LogP contribution >= 0.6 is 11.3 Å². The summed E-state index contributed by atoms with van der Waals surface area (Å²) in [5.41, 5.74) is 14.9. The fourth-order valence-electron chi connectivity index (χ4n) is 9.75. The molecule has 0 bridgehead atoms. The molecule has 2 nitrogen and oxygen atoms in total. The molecule has 0 saturated carbocycles. The van der Waals surface area contributed by atoms with Gasteiger partial charge in [0.25, 0.3) is 0 Å². The Bertz CT molecular complexity index is 3370. The number of fused-ring (bicyclic) bond motifs is 11. The summed E-state index contributed by atoms with van der Waals surface area (Å²) in [4.78, 5) is 2.45. The number of anilines is 3. The summed E-state index contributed by atoms with van der Waals surface area (Å²) in [6.45, 7) is 4.71. The zero-order valence-corrected chi connectivity index (χ0v) is 33.1. The van der Waals surface area contributed by atoms with E-state index < -0.39 is 0 Å². The maximum absolute atomic E-state index is 2.45. The molecule has 0 spiro atoms. The van der Waals surface area contributed by atoms with E-state index in [4.69, 9.17) is 0 Å². The smallest absolute Gasteiger partial charge is 0.0640 e. The van der Waals surface area contributed by atoms with Gasteiger partial charge >= 0.3 is 0 Å². The standard InChI is InChI=1S/C55H38N2S/c1-55(2)48-18-8-5-14-42(48)43-32-25-37(34-49(43)55)35-22-26-38(27-23-35)56(52-21-11-17-46-47-33-24-36-12-3-4-13-41(36)53(47)58-54(46)52)39-28-30-40(31-29-39)57-50-19-9-6-15-44(50)45-16-7-10-20-51(45)57/h3-34H,1-2H3. The van der Waals surface area contributed by atoms with E-state index in [-0.39, 0.29) is 5.41 Å². The summed E-state index contributed by atoms with van der Waals surface area (Å²) in [5.74, 6) is 0. The van der Waals surface area contributed by atoms with E-state index >= 15 is 0 Å². The molecule has 9 aromatic carbocycles. The monoisotopic (exact) mass is 758 g/mol. The lowest BCUT2D eigenvalue weighted by Crippen LogP contribution is -2.14. The molecule has 0 atom stereocenters. The molecule has 2 aromatic heterocycles. The first kappa shape index (κ1) is 33.2. The van der Waals surface area contributed by atoms with Crippen molar-refractivity contribution in [2.24, 2.45) is 0 Å². The van der Waals surface area contributed by atoms with Crippen molar-refractivity contribution in [3.8, 4) is 27.9 Å². The van der Waals surface area contributed by atoms with E-state index in [0.29, 0.717) is 0 Å². The Morgan fingerprint density at radius 3 is 1.78 bits per heavy atom. The average Bonchev–Trinajstić information content (AvgIpc) is 3.91. The minimum absolute atomic E-state index is 0.0433. The minimum atomic E-state index is -0.0433. The van der Waals surface area contributed by atoms with Crippen molar-refractivity contribution < 1.29 is 0 Å². The highest BCUT2D eigenvalue weighted by Gasteiger charge is 2.35. The molecule has 3 heteroatoms. The van der Waals surface area contributed by atoms with Crippen molar-refractivity contribution in [2.45, 2.75) is 19.3 Å². The van der Waals surface area contributed by atoms with Gasteiger partial charge in [-0.15, -0.1) is 11.3 Å². The lowest BCUT2D eigenvalue weighted by Gasteiger charge is -2.27. The first-order chi connectivity index (χ1) is 28.5. The normalized spacial score (nSPS) is 13.1. The maximum atomic E-state index is 2.45. The number of thiophene rings is 1. The molecule has 1 aliphatic carbocycles. The summed E-state index contributed by atoms with van der Waals surface area (Å²) in [6, 6.07) is 71.8. The number of hydrogen-bond donors (Lipinski definition) is 0. The van der Waals surface area contributed by atoms with Crippen molar-refractivity contribution in [1.29, 1.82) is 0 Å². The van der Waals surface area contributed by atoms with Crippen LogP contribution in [0.1, 0.15) is 25.0 Å². The van der Waals surface area contributed by atoms with E-state index in [2.05, 4.69) is 217 Å². The highest BCUT2D eigenvalue weighted by molar-refractivity contribution is 7.27. The summed E-state index contributed by atoms with van der Waals surface area (Å²) in [7, 11) is 0. The molecule has 0 aliphatic heterocycles. The van der Waals surface area contributed by atoms with Crippen LogP contribution in [0.5, 0.6) is 0 Å². The molecule has 0 radical (unpaired) electrons. The van der Waals surface area contributed by atoms with Gasteiger partial charge in [-0.25, -0.2) is 0 Å². The summed E-state index contributed by atoms with van der Waals surface area (Å²) < 4.78 is 5.01. The van der Waals surface area contributed by atoms with Gasteiger partial charge in [0.05, 0.1) is 21.4 Å². The van der Waals surface area contributed by atoms with Crippen LogP contribution in [0.4, 0.5) is 17.1 Å². The van der Waals surface area contributed by atoms with Crippen molar-refractivity contribution in [3.05, 3.63) is 205 Å². The molecule has 1 aliphatic rings. The Hall–Kier alpha value is -6.94. The summed E-state index contributed by atoms with van der Waals surface area (Å²) in [5, 5.41) is 7.70. The number of aromatic nitrogens is 1. The molecule has 0 amide bonds. The lowest BCUT2D eigenvalue weighted by atomic mass is 9.81. The van der Waals surface area contributed by atoms with Gasteiger partial charge in [-0.2, -0.15) is 0 Å². The Morgan fingerprint density at radius 1 is 0.431 bits per heavy atom. The Kier molecular flexibility index (Phi) is 7.18. The molecule has 0 unspecified atom stereocenters. The van der Waals surface area contributed by atoms with E-state index in [1.807, 2.05) is 11.3 Å². The predicted molar refractivity (Wildman–Crippen MR) is 249 cm³/mol.